The van der Waals surface area contributed by atoms with Gasteiger partial charge in [-0.15, -0.1) is 0 Å². The molecule has 1 aliphatic rings. The average molecular weight is 286 g/mol. The molecular formula is C13H17ClFN3O. The fourth-order valence-corrected chi connectivity index (χ4v) is 2.45. The second-order valence-electron chi connectivity index (χ2n) is 5.02. The average Bonchev–Trinajstić information content (AvgIpc) is 2.36. The minimum Gasteiger partial charge on any atom is -0.349 e. The Balaban J connectivity index is 2.03. The summed E-state index contributed by atoms with van der Waals surface area (Å²) in [6.07, 6.45) is 2.76. The van der Waals surface area contributed by atoms with E-state index in [9.17, 15) is 9.18 Å². The normalized spacial score (nSPS) is 24.2. The summed E-state index contributed by atoms with van der Waals surface area (Å²) in [6.45, 7) is 3.05. The molecule has 19 heavy (non-hydrogen) atoms. The fourth-order valence-electron chi connectivity index (χ4n) is 2.27. The van der Waals surface area contributed by atoms with E-state index in [0.717, 1.165) is 31.6 Å². The first kappa shape index (κ1) is 14.2. The van der Waals surface area contributed by atoms with Gasteiger partial charge in [-0.05, 0) is 32.9 Å². The van der Waals surface area contributed by atoms with Crippen LogP contribution in [-0.4, -0.2) is 41.5 Å². The lowest BCUT2D eigenvalue weighted by molar-refractivity contribution is 0.0896. The largest absolute Gasteiger partial charge is 0.349 e. The van der Waals surface area contributed by atoms with Crippen molar-refractivity contribution < 1.29 is 9.18 Å². The van der Waals surface area contributed by atoms with Gasteiger partial charge in [0.15, 0.2) is 0 Å². The van der Waals surface area contributed by atoms with Gasteiger partial charge >= 0.3 is 0 Å². The first-order valence-corrected chi connectivity index (χ1v) is 6.67. The lowest BCUT2D eigenvalue weighted by Gasteiger charge is -2.35. The zero-order chi connectivity index (χ0) is 14.0. The summed E-state index contributed by atoms with van der Waals surface area (Å²) in [7, 11) is 2.07. The van der Waals surface area contributed by atoms with Gasteiger partial charge < -0.3 is 10.2 Å². The van der Waals surface area contributed by atoms with Crippen LogP contribution < -0.4 is 5.32 Å². The standard InChI is InChI=1S/C13H17ClFN3O/c1-8-5-10(3-4-18(8)2)17-13(19)11-6-9(15)7-16-12(11)14/h6-8,10H,3-5H2,1-2H3,(H,17,19). The van der Waals surface area contributed by atoms with E-state index in [4.69, 9.17) is 11.6 Å². The number of pyridine rings is 1. The Hall–Kier alpha value is -1.20. The van der Waals surface area contributed by atoms with Crippen LogP contribution in [0.1, 0.15) is 30.1 Å². The molecule has 0 aromatic carbocycles. The molecule has 2 rings (SSSR count). The fraction of sp³-hybridized carbons (Fsp3) is 0.538. The van der Waals surface area contributed by atoms with Crippen LogP contribution in [0.25, 0.3) is 0 Å². The zero-order valence-electron chi connectivity index (χ0n) is 11.0. The summed E-state index contributed by atoms with van der Waals surface area (Å²) in [5, 5.41) is 2.93. The molecule has 1 aliphatic heterocycles. The molecule has 6 heteroatoms. The summed E-state index contributed by atoms with van der Waals surface area (Å²) in [4.78, 5) is 17.9. The quantitative estimate of drug-likeness (QED) is 0.846. The molecule has 0 saturated carbocycles. The summed E-state index contributed by atoms with van der Waals surface area (Å²) in [5.41, 5.74) is 0.0910. The topological polar surface area (TPSA) is 45.2 Å². The number of hydrogen-bond acceptors (Lipinski definition) is 3. The van der Waals surface area contributed by atoms with Crippen molar-refractivity contribution in [2.24, 2.45) is 0 Å². The first-order chi connectivity index (χ1) is 8.97. The third kappa shape index (κ3) is 3.42. The van der Waals surface area contributed by atoms with E-state index in [1.165, 1.54) is 0 Å². The van der Waals surface area contributed by atoms with Gasteiger partial charge in [0, 0.05) is 18.6 Å². The summed E-state index contributed by atoms with van der Waals surface area (Å²) in [6, 6.07) is 1.63. The Morgan fingerprint density at radius 2 is 2.37 bits per heavy atom. The molecular weight excluding hydrogens is 269 g/mol. The second kappa shape index (κ2) is 5.84. The van der Waals surface area contributed by atoms with Crippen LogP contribution in [0.2, 0.25) is 5.15 Å². The summed E-state index contributed by atoms with van der Waals surface area (Å²) < 4.78 is 13.1. The SMILES string of the molecule is CC1CC(NC(=O)c2cc(F)cnc2Cl)CCN1C. The van der Waals surface area contributed by atoms with Gasteiger partial charge in [0.25, 0.3) is 5.91 Å². The highest BCUT2D eigenvalue weighted by Gasteiger charge is 2.25. The lowest BCUT2D eigenvalue weighted by Crippen LogP contribution is -2.47. The second-order valence-corrected chi connectivity index (χ2v) is 5.37. The maximum Gasteiger partial charge on any atom is 0.254 e. The zero-order valence-corrected chi connectivity index (χ0v) is 11.7. The highest BCUT2D eigenvalue weighted by Crippen LogP contribution is 2.18. The Morgan fingerprint density at radius 3 is 3.05 bits per heavy atom. The minimum absolute atomic E-state index is 0.0277. The number of amides is 1. The molecule has 104 valence electrons. The molecule has 1 fully saturated rings. The molecule has 0 radical (unpaired) electrons. The van der Waals surface area contributed by atoms with E-state index < -0.39 is 5.82 Å². The molecule has 4 nitrogen and oxygen atoms in total. The van der Waals surface area contributed by atoms with E-state index in [2.05, 4.69) is 29.2 Å². The monoisotopic (exact) mass is 285 g/mol. The van der Waals surface area contributed by atoms with Gasteiger partial charge in [0.2, 0.25) is 0 Å². The van der Waals surface area contributed by atoms with Crippen LogP contribution in [0.3, 0.4) is 0 Å². The number of likely N-dealkylation sites (tertiary alicyclic amines) is 1. The van der Waals surface area contributed by atoms with E-state index in [0.29, 0.717) is 6.04 Å². The minimum atomic E-state index is -0.564. The van der Waals surface area contributed by atoms with Gasteiger partial charge in [0.05, 0.1) is 11.8 Å². The van der Waals surface area contributed by atoms with Gasteiger partial charge in [0.1, 0.15) is 11.0 Å². The van der Waals surface area contributed by atoms with Crippen LogP contribution in [0.4, 0.5) is 4.39 Å². The van der Waals surface area contributed by atoms with E-state index in [-0.39, 0.29) is 22.7 Å². The van der Waals surface area contributed by atoms with E-state index in [1.54, 1.807) is 0 Å². The highest BCUT2D eigenvalue weighted by atomic mass is 35.5. The van der Waals surface area contributed by atoms with Gasteiger partial charge in [-0.1, -0.05) is 11.6 Å². The maximum atomic E-state index is 13.1. The molecule has 0 bridgehead atoms. The predicted molar refractivity (Wildman–Crippen MR) is 71.8 cm³/mol. The molecule has 0 spiro atoms. The van der Waals surface area contributed by atoms with Crippen molar-refractivity contribution in [3.8, 4) is 0 Å². The Bertz CT molecular complexity index is 483. The van der Waals surface area contributed by atoms with E-state index >= 15 is 0 Å². The molecule has 2 unspecified atom stereocenters. The molecule has 1 N–H and O–H groups in total. The summed E-state index contributed by atoms with van der Waals surface area (Å²) in [5.74, 6) is -0.926. The van der Waals surface area contributed by atoms with Crippen LogP contribution in [0.5, 0.6) is 0 Å². The Labute approximate surface area is 117 Å². The van der Waals surface area contributed by atoms with Crippen LogP contribution in [-0.2, 0) is 0 Å². The van der Waals surface area contributed by atoms with Crippen molar-refractivity contribution in [1.82, 2.24) is 15.2 Å². The van der Waals surface area contributed by atoms with Crippen LogP contribution in [0, 0.1) is 5.82 Å². The van der Waals surface area contributed by atoms with Crippen LogP contribution in [0.15, 0.2) is 12.3 Å². The number of piperidine rings is 1. The Morgan fingerprint density at radius 1 is 1.63 bits per heavy atom. The summed E-state index contributed by atoms with van der Waals surface area (Å²) >= 11 is 5.81. The van der Waals surface area contributed by atoms with Crippen LogP contribution >= 0.6 is 11.6 Å². The lowest BCUT2D eigenvalue weighted by atomic mass is 9.98. The van der Waals surface area contributed by atoms with E-state index in [1.807, 2.05) is 0 Å². The molecule has 1 aromatic rings. The highest BCUT2D eigenvalue weighted by molar-refractivity contribution is 6.32. The third-order valence-electron chi connectivity index (χ3n) is 3.59. The smallest absolute Gasteiger partial charge is 0.254 e. The molecule has 1 amide bonds. The van der Waals surface area contributed by atoms with Gasteiger partial charge in [-0.2, -0.15) is 0 Å². The molecule has 1 aromatic heterocycles. The predicted octanol–water partition coefficient (Wildman–Crippen LogP) is 2.09. The molecule has 2 atom stereocenters. The Kier molecular flexibility index (Phi) is 4.37. The first-order valence-electron chi connectivity index (χ1n) is 6.29. The third-order valence-corrected chi connectivity index (χ3v) is 3.90. The number of rotatable bonds is 2. The molecule has 2 heterocycles. The molecule has 1 saturated heterocycles. The number of halogens is 2. The maximum absolute atomic E-state index is 13.1. The number of carbonyl (C=O) groups excluding carboxylic acids is 1. The van der Waals surface area contributed by atoms with Crippen molar-refractivity contribution in [1.29, 1.82) is 0 Å². The van der Waals surface area contributed by atoms with Crippen molar-refractivity contribution in [3.63, 3.8) is 0 Å². The molecule has 0 aliphatic carbocycles. The number of nitrogens with zero attached hydrogens (tertiary/aromatic N) is 2. The van der Waals surface area contributed by atoms with Crippen molar-refractivity contribution >= 4 is 17.5 Å². The van der Waals surface area contributed by atoms with Gasteiger partial charge in [-0.3, -0.25) is 4.79 Å². The van der Waals surface area contributed by atoms with Crippen molar-refractivity contribution in [3.05, 3.63) is 28.8 Å². The number of aromatic nitrogens is 1. The van der Waals surface area contributed by atoms with Crippen molar-refractivity contribution in [2.45, 2.75) is 31.8 Å². The van der Waals surface area contributed by atoms with Gasteiger partial charge in [-0.25, -0.2) is 9.37 Å². The van der Waals surface area contributed by atoms with Crippen molar-refractivity contribution in [2.75, 3.05) is 13.6 Å². The number of carbonyl (C=O) groups is 1. The number of nitrogens with one attached hydrogen (secondary N) is 1. The number of hydrogen-bond donors (Lipinski definition) is 1.